The summed E-state index contributed by atoms with van der Waals surface area (Å²) in [6.45, 7) is 2.31. The Labute approximate surface area is 164 Å². The van der Waals surface area contributed by atoms with Crippen molar-refractivity contribution in [3.8, 4) is 0 Å². The molecule has 2 atom stereocenters. The van der Waals surface area contributed by atoms with Crippen LogP contribution in [0.1, 0.15) is 36.4 Å². The third kappa shape index (κ3) is 4.76. The van der Waals surface area contributed by atoms with Gasteiger partial charge in [-0.25, -0.2) is 0 Å². The maximum atomic E-state index is 12.8. The van der Waals surface area contributed by atoms with Gasteiger partial charge in [0.1, 0.15) is 0 Å². The number of carbonyl (C=O) groups excluding carboxylic acids is 2. The highest BCUT2D eigenvalue weighted by Gasteiger charge is 2.35. The SMILES string of the molecule is Cc1ccc(N2CC(C(=O)NC(CCC(=O)O)c3ccccc3)CC2=O)cc1. The van der Waals surface area contributed by atoms with Gasteiger partial charge in [-0.2, -0.15) is 0 Å². The molecule has 0 saturated carbocycles. The van der Waals surface area contributed by atoms with Crippen LogP contribution in [-0.2, 0) is 14.4 Å². The van der Waals surface area contributed by atoms with Crippen molar-refractivity contribution in [2.75, 3.05) is 11.4 Å². The number of carboxylic acids is 1. The Morgan fingerprint density at radius 3 is 2.46 bits per heavy atom. The molecule has 0 radical (unpaired) electrons. The first-order valence-corrected chi connectivity index (χ1v) is 9.38. The number of hydrogen-bond donors (Lipinski definition) is 2. The minimum absolute atomic E-state index is 0.0427. The van der Waals surface area contributed by atoms with Crippen molar-refractivity contribution in [3.05, 3.63) is 65.7 Å². The molecule has 28 heavy (non-hydrogen) atoms. The number of benzene rings is 2. The van der Waals surface area contributed by atoms with Crippen LogP contribution in [-0.4, -0.2) is 29.4 Å². The Kier molecular flexibility index (Phi) is 6.09. The first-order valence-electron chi connectivity index (χ1n) is 9.38. The number of hydrogen-bond acceptors (Lipinski definition) is 3. The standard InChI is InChI=1S/C22H24N2O4/c1-15-7-9-18(10-8-15)24-14-17(13-20(24)25)22(28)23-19(11-12-21(26)27)16-5-3-2-4-6-16/h2-10,17,19H,11-14H2,1H3,(H,23,28)(H,26,27). The zero-order valence-corrected chi connectivity index (χ0v) is 15.8. The van der Waals surface area contributed by atoms with Crippen LogP contribution in [0.2, 0.25) is 0 Å². The van der Waals surface area contributed by atoms with E-state index in [-0.39, 0.29) is 24.7 Å². The van der Waals surface area contributed by atoms with Crippen LogP contribution in [0.25, 0.3) is 0 Å². The number of carbonyl (C=O) groups is 3. The normalized spacial score (nSPS) is 17.4. The zero-order valence-electron chi connectivity index (χ0n) is 15.8. The van der Waals surface area contributed by atoms with Crippen LogP contribution in [0.5, 0.6) is 0 Å². The zero-order chi connectivity index (χ0) is 20.1. The largest absolute Gasteiger partial charge is 0.481 e. The van der Waals surface area contributed by atoms with Crippen molar-refractivity contribution in [1.82, 2.24) is 5.32 Å². The van der Waals surface area contributed by atoms with Crippen LogP contribution < -0.4 is 10.2 Å². The first kappa shape index (κ1) is 19.6. The first-order chi connectivity index (χ1) is 13.4. The van der Waals surface area contributed by atoms with E-state index in [0.29, 0.717) is 13.0 Å². The van der Waals surface area contributed by atoms with Crippen LogP contribution >= 0.6 is 0 Å². The smallest absolute Gasteiger partial charge is 0.303 e. The lowest BCUT2D eigenvalue weighted by Crippen LogP contribution is -2.35. The molecule has 2 unspecified atom stereocenters. The molecule has 0 bridgehead atoms. The molecular weight excluding hydrogens is 356 g/mol. The van der Waals surface area contributed by atoms with E-state index < -0.39 is 17.9 Å². The van der Waals surface area contributed by atoms with Crippen LogP contribution in [0.15, 0.2) is 54.6 Å². The average molecular weight is 380 g/mol. The Morgan fingerprint density at radius 2 is 1.82 bits per heavy atom. The van der Waals surface area contributed by atoms with Gasteiger partial charge in [0.2, 0.25) is 11.8 Å². The maximum Gasteiger partial charge on any atom is 0.303 e. The quantitative estimate of drug-likeness (QED) is 0.773. The molecule has 0 spiro atoms. The molecular formula is C22H24N2O4. The highest BCUT2D eigenvalue weighted by atomic mass is 16.4. The van der Waals surface area contributed by atoms with E-state index in [4.69, 9.17) is 5.11 Å². The molecule has 2 aromatic rings. The molecule has 2 N–H and O–H groups in total. The molecule has 6 nitrogen and oxygen atoms in total. The lowest BCUT2D eigenvalue weighted by molar-refractivity contribution is -0.137. The molecule has 0 aromatic heterocycles. The molecule has 3 rings (SSSR count). The number of nitrogens with zero attached hydrogens (tertiary/aromatic N) is 1. The minimum Gasteiger partial charge on any atom is -0.481 e. The molecule has 0 aliphatic carbocycles. The van der Waals surface area contributed by atoms with E-state index in [0.717, 1.165) is 16.8 Å². The molecule has 2 aromatic carbocycles. The van der Waals surface area contributed by atoms with Crippen molar-refractivity contribution in [2.45, 2.75) is 32.2 Å². The van der Waals surface area contributed by atoms with E-state index in [1.807, 2.05) is 61.5 Å². The summed E-state index contributed by atoms with van der Waals surface area (Å²) >= 11 is 0. The van der Waals surface area contributed by atoms with Gasteiger partial charge in [-0.15, -0.1) is 0 Å². The molecule has 1 fully saturated rings. The highest BCUT2D eigenvalue weighted by molar-refractivity contribution is 6.00. The van der Waals surface area contributed by atoms with E-state index in [9.17, 15) is 14.4 Å². The second-order valence-electron chi connectivity index (χ2n) is 7.15. The van der Waals surface area contributed by atoms with Crippen molar-refractivity contribution in [3.63, 3.8) is 0 Å². The lowest BCUT2D eigenvalue weighted by Gasteiger charge is -2.21. The average Bonchev–Trinajstić information content (AvgIpc) is 3.08. The molecule has 1 aliphatic heterocycles. The third-order valence-corrected chi connectivity index (χ3v) is 5.01. The molecule has 2 amide bonds. The highest BCUT2D eigenvalue weighted by Crippen LogP contribution is 2.27. The summed E-state index contributed by atoms with van der Waals surface area (Å²) < 4.78 is 0. The number of amides is 2. The van der Waals surface area contributed by atoms with Gasteiger partial charge in [-0.3, -0.25) is 14.4 Å². The number of nitrogens with one attached hydrogen (secondary N) is 1. The van der Waals surface area contributed by atoms with Crippen LogP contribution in [0.3, 0.4) is 0 Å². The maximum absolute atomic E-state index is 12.8. The number of carboxylic acid groups (broad SMARTS) is 1. The molecule has 146 valence electrons. The van der Waals surface area contributed by atoms with Gasteiger partial charge in [0, 0.05) is 25.1 Å². The summed E-state index contributed by atoms with van der Waals surface area (Å²) in [7, 11) is 0. The van der Waals surface area contributed by atoms with E-state index in [2.05, 4.69) is 5.32 Å². The van der Waals surface area contributed by atoms with Gasteiger partial charge in [-0.05, 0) is 31.0 Å². The summed E-state index contributed by atoms with van der Waals surface area (Å²) in [4.78, 5) is 37.8. The fourth-order valence-electron chi connectivity index (χ4n) is 3.42. The minimum atomic E-state index is -0.906. The monoisotopic (exact) mass is 380 g/mol. The van der Waals surface area contributed by atoms with Gasteiger partial charge in [-0.1, -0.05) is 48.0 Å². The second kappa shape index (κ2) is 8.69. The van der Waals surface area contributed by atoms with Crippen LogP contribution in [0, 0.1) is 12.8 Å². The molecule has 1 heterocycles. The summed E-state index contributed by atoms with van der Waals surface area (Å²) in [5.74, 6) is -1.66. The molecule has 1 aliphatic rings. The predicted molar refractivity (Wildman–Crippen MR) is 106 cm³/mol. The Balaban J connectivity index is 1.69. The van der Waals surface area contributed by atoms with Gasteiger partial charge in [0.25, 0.3) is 0 Å². The Bertz CT molecular complexity index is 849. The number of anilines is 1. The topological polar surface area (TPSA) is 86.7 Å². The third-order valence-electron chi connectivity index (χ3n) is 5.01. The summed E-state index contributed by atoms with van der Waals surface area (Å²) in [5.41, 5.74) is 2.75. The summed E-state index contributed by atoms with van der Waals surface area (Å²) in [6, 6.07) is 16.6. The fraction of sp³-hybridized carbons (Fsp3) is 0.318. The Hall–Kier alpha value is -3.15. The van der Waals surface area contributed by atoms with E-state index in [1.165, 1.54) is 0 Å². The van der Waals surface area contributed by atoms with Crippen molar-refractivity contribution in [1.29, 1.82) is 0 Å². The Morgan fingerprint density at radius 1 is 1.14 bits per heavy atom. The van der Waals surface area contributed by atoms with E-state index in [1.54, 1.807) is 4.90 Å². The number of rotatable bonds is 7. The lowest BCUT2D eigenvalue weighted by atomic mass is 10.00. The van der Waals surface area contributed by atoms with Crippen LogP contribution in [0.4, 0.5) is 5.69 Å². The van der Waals surface area contributed by atoms with Gasteiger partial charge in [0.05, 0.1) is 12.0 Å². The van der Waals surface area contributed by atoms with Gasteiger partial charge < -0.3 is 15.3 Å². The fourth-order valence-corrected chi connectivity index (χ4v) is 3.42. The molecule has 1 saturated heterocycles. The van der Waals surface area contributed by atoms with Crippen molar-refractivity contribution in [2.24, 2.45) is 5.92 Å². The van der Waals surface area contributed by atoms with Crippen molar-refractivity contribution >= 4 is 23.5 Å². The second-order valence-corrected chi connectivity index (χ2v) is 7.15. The van der Waals surface area contributed by atoms with Gasteiger partial charge >= 0.3 is 5.97 Å². The number of aryl methyl sites for hydroxylation is 1. The predicted octanol–water partition coefficient (Wildman–Crippen LogP) is 3.07. The number of aliphatic carboxylic acids is 1. The molecule has 6 heteroatoms. The van der Waals surface area contributed by atoms with E-state index >= 15 is 0 Å². The summed E-state index contributed by atoms with van der Waals surface area (Å²) in [6.07, 6.45) is 0.409. The van der Waals surface area contributed by atoms with Crippen molar-refractivity contribution < 1.29 is 19.5 Å². The summed E-state index contributed by atoms with van der Waals surface area (Å²) in [5, 5.41) is 12.0. The van der Waals surface area contributed by atoms with Gasteiger partial charge in [0.15, 0.2) is 0 Å².